The Morgan fingerprint density at radius 3 is 3.20 bits per heavy atom. The number of rotatable bonds is 2. The van der Waals surface area contributed by atoms with E-state index in [1.165, 1.54) is 16.2 Å². The molecule has 0 bridgehead atoms. The highest BCUT2D eigenvalue weighted by Gasteiger charge is 2.18. The van der Waals surface area contributed by atoms with E-state index in [2.05, 4.69) is 21.8 Å². The van der Waals surface area contributed by atoms with Crippen LogP contribution < -0.4 is 10.1 Å². The Balaban J connectivity index is 1.90. The van der Waals surface area contributed by atoms with Crippen molar-refractivity contribution in [1.29, 1.82) is 0 Å². The summed E-state index contributed by atoms with van der Waals surface area (Å²) in [6.07, 6.45) is 1.36. The van der Waals surface area contributed by atoms with Crippen molar-refractivity contribution in [3.05, 3.63) is 24.3 Å². The molecule has 1 saturated heterocycles. The van der Waals surface area contributed by atoms with E-state index in [1.807, 2.05) is 12.1 Å². The summed E-state index contributed by atoms with van der Waals surface area (Å²) in [6, 6.07) is 8.20. The molecule has 1 aliphatic rings. The monoisotopic (exact) mass is 220 g/mol. The fourth-order valence-electron chi connectivity index (χ4n) is 1.83. The summed E-state index contributed by atoms with van der Waals surface area (Å²) in [6.45, 7) is 1.98. The topological polar surface area (TPSA) is 34.1 Å². The van der Waals surface area contributed by atoms with Gasteiger partial charge in [0.2, 0.25) is 5.88 Å². The van der Waals surface area contributed by atoms with Crippen LogP contribution in [0.4, 0.5) is 0 Å². The quantitative estimate of drug-likeness (QED) is 0.841. The number of aromatic nitrogens is 1. The molecule has 0 aliphatic carbocycles. The summed E-state index contributed by atoms with van der Waals surface area (Å²) in [7, 11) is 0. The van der Waals surface area contributed by atoms with Crippen LogP contribution in [0.3, 0.4) is 0 Å². The maximum atomic E-state index is 5.87. The van der Waals surface area contributed by atoms with Crippen molar-refractivity contribution in [3.63, 3.8) is 0 Å². The van der Waals surface area contributed by atoms with Gasteiger partial charge in [0, 0.05) is 6.54 Å². The van der Waals surface area contributed by atoms with Crippen LogP contribution in [-0.2, 0) is 0 Å². The highest BCUT2D eigenvalue weighted by atomic mass is 32.1. The van der Waals surface area contributed by atoms with Crippen molar-refractivity contribution in [3.8, 4) is 5.88 Å². The van der Waals surface area contributed by atoms with Gasteiger partial charge in [-0.3, -0.25) is 0 Å². The van der Waals surface area contributed by atoms with Gasteiger partial charge in [0.15, 0.2) is 0 Å². The number of hydrogen-bond donors (Lipinski definition) is 1. The van der Waals surface area contributed by atoms with Crippen LogP contribution in [0.25, 0.3) is 10.1 Å². The molecule has 2 heterocycles. The lowest BCUT2D eigenvalue weighted by Gasteiger charge is -2.09. The van der Waals surface area contributed by atoms with Gasteiger partial charge in [0.05, 0.1) is 10.1 Å². The Labute approximate surface area is 92.2 Å². The molecule has 0 saturated carbocycles. The van der Waals surface area contributed by atoms with E-state index < -0.39 is 0 Å². The molecule has 1 fully saturated rings. The van der Waals surface area contributed by atoms with E-state index in [0.717, 1.165) is 30.8 Å². The zero-order chi connectivity index (χ0) is 10.1. The molecule has 3 nitrogen and oxygen atoms in total. The number of ether oxygens (including phenoxy) is 1. The number of nitrogens with one attached hydrogen (secondary N) is 1. The van der Waals surface area contributed by atoms with E-state index >= 15 is 0 Å². The molecule has 1 aromatic carbocycles. The first-order chi connectivity index (χ1) is 7.43. The van der Waals surface area contributed by atoms with E-state index in [-0.39, 0.29) is 6.10 Å². The highest BCUT2D eigenvalue weighted by molar-refractivity contribution is 7.13. The maximum Gasteiger partial charge on any atom is 0.233 e. The summed E-state index contributed by atoms with van der Waals surface area (Å²) >= 11 is 1.50. The molecular formula is C11H12N2OS. The normalized spacial score (nSPS) is 20.9. The van der Waals surface area contributed by atoms with E-state index in [0.29, 0.717) is 0 Å². The zero-order valence-corrected chi connectivity index (χ0v) is 9.09. The molecule has 1 aromatic heterocycles. The molecule has 1 aliphatic heterocycles. The SMILES string of the molecule is c1ccc2c(O[C@@H]3CCNC3)nsc2c1. The third-order valence-electron chi connectivity index (χ3n) is 2.64. The molecule has 0 unspecified atom stereocenters. The van der Waals surface area contributed by atoms with Crippen LogP contribution in [-0.4, -0.2) is 23.6 Å². The van der Waals surface area contributed by atoms with E-state index in [9.17, 15) is 0 Å². The first-order valence-corrected chi connectivity index (χ1v) is 5.92. The fraction of sp³-hybridized carbons (Fsp3) is 0.364. The van der Waals surface area contributed by atoms with Crippen LogP contribution in [0, 0.1) is 0 Å². The minimum atomic E-state index is 0.288. The Hall–Kier alpha value is -1.13. The van der Waals surface area contributed by atoms with Gasteiger partial charge in [-0.15, -0.1) is 0 Å². The fourth-order valence-corrected chi connectivity index (χ4v) is 2.55. The van der Waals surface area contributed by atoms with E-state index in [1.54, 1.807) is 0 Å². The van der Waals surface area contributed by atoms with Crippen molar-refractivity contribution in [2.45, 2.75) is 12.5 Å². The number of nitrogens with zero attached hydrogens (tertiary/aromatic N) is 1. The van der Waals surface area contributed by atoms with Gasteiger partial charge in [-0.1, -0.05) is 12.1 Å². The summed E-state index contributed by atoms with van der Waals surface area (Å²) in [4.78, 5) is 0. The molecule has 0 spiro atoms. The van der Waals surface area contributed by atoms with Crippen molar-refractivity contribution < 1.29 is 4.74 Å². The molecule has 3 rings (SSSR count). The summed E-state index contributed by atoms with van der Waals surface area (Å²) in [5.74, 6) is 0.796. The molecule has 0 amide bonds. The number of benzene rings is 1. The second-order valence-electron chi connectivity index (χ2n) is 3.72. The molecule has 2 aromatic rings. The second-order valence-corrected chi connectivity index (χ2v) is 4.52. The summed E-state index contributed by atoms with van der Waals surface area (Å²) < 4.78 is 11.4. The molecule has 15 heavy (non-hydrogen) atoms. The summed E-state index contributed by atoms with van der Waals surface area (Å²) in [5.41, 5.74) is 0. The lowest BCUT2D eigenvalue weighted by Crippen LogP contribution is -2.19. The van der Waals surface area contributed by atoms with Crippen molar-refractivity contribution in [2.24, 2.45) is 0 Å². The standard InChI is InChI=1S/C11H12N2OS/c1-2-4-10-9(3-1)11(13-15-10)14-8-5-6-12-7-8/h1-4,8,12H,5-7H2/t8-/m1/s1. The van der Waals surface area contributed by atoms with Crippen LogP contribution in [0.15, 0.2) is 24.3 Å². The van der Waals surface area contributed by atoms with E-state index in [4.69, 9.17) is 4.74 Å². The largest absolute Gasteiger partial charge is 0.472 e. The smallest absolute Gasteiger partial charge is 0.233 e. The van der Waals surface area contributed by atoms with Gasteiger partial charge in [-0.2, -0.15) is 4.37 Å². The Kier molecular flexibility index (Phi) is 2.31. The predicted octanol–water partition coefficient (Wildman–Crippen LogP) is 2.04. The summed E-state index contributed by atoms with van der Waals surface area (Å²) in [5, 5.41) is 4.42. The van der Waals surface area contributed by atoms with Crippen molar-refractivity contribution in [1.82, 2.24) is 9.69 Å². The van der Waals surface area contributed by atoms with Crippen molar-refractivity contribution in [2.75, 3.05) is 13.1 Å². The molecule has 4 heteroatoms. The Morgan fingerprint density at radius 2 is 2.33 bits per heavy atom. The third-order valence-corrected chi connectivity index (χ3v) is 3.45. The Morgan fingerprint density at radius 1 is 1.40 bits per heavy atom. The minimum Gasteiger partial charge on any atom is -0.472 e. The van der Waals surface area contributed by atoms with Gasteiger partial charge in [0.1, 0.15) is 6.10 Å². The predicted molar refractivity (Wildman–Crippen MR) is 61.5 cm³/mol. The maximum absolute atomic E-state index is 5.87. The van der Waals surface area contributed by atoms with Gasteiger partial charge in [-0.25, -0.2) is 0 Å². The number of fused-ring (bicyclic) bond motifs is 1. The second kappa shape index (κ2) is 3.79. The minimum absolute atomic E-state index is 0.288. The lowest BCUT2D eigenvalue weighted by atomic mass is 10.3. The average Bonchev–Trinajstić information content (AvgIpc) is 2.89. The van der Waals surface area contributed by atoms with Gasteiger partial charge in [0.25, 0.3) is 0 Å². The first-order valence-electron chi connectivity index (χ1n) is 5.15. The first kappa shape index (κ1) is 9.12. The molecule has 1 N–H and O–H groups in total. The van der Waals surface area contributed by atoms with Gasteiger partial charge < -0.3 is 10.1 Å². The molecule has 1 atom stereocenters. The van der Waals surface area contributed by atoms with Crippen LogP contribution in [0.1, 0.15) is 6.42 Å². The molecule has 78 valence electrons. The average molecular weight is 220 g/mol. The van der Waals surface area contributed by atoms with Gasteiger partial charge >= 0.3 is 0 Å². The highest BCUT2D eigenvalue weighted by Crippen LogP contribution is 2.29. The number of hydrogen-bond acceptors (Lipinski definition) is 4. The molecular weight excluding hydrogens is 208 g/mol. The van der Waals surface area contributed by atoms with Crippen molar-refractivity contribution >= 4 is 21.6 Å². The van der Waals surface area contributed by atoms with Crippen LogP contribution >= 0.6 is 11.5 Å². The molecule has 0 radical (unpaired) electrons. The van der Waals surface area contributed by atoms with Gasteiger partial charge in [-0.05, 0) is 36.6 Å². The Bertz CT molecular complexity index is 462. The van der Waals surface area contributed by atoms with Crippen LogP contribution in [0.5, 0.6) is 5.88 Å². The zero-order valence-electron chi connectivity index (χ0n) is 8.27. The van der Waals surface area contributed by atoms with Crippen LogP contribution in [0.2, 0.25) is 0 Å². The lowest BCUT2D eigenvalue weighted by molar-refractivity contribution is 0.219. The third kappa shape index (κ3) is 1.70.